The van der Waals surface area contributed by atoms with Crippen molar-refractivity contribution in [3.05, 3.63) is 0 Å². The number of unbranched alkanes of at least 4 members (excludes halogenated alkanes) is 1. The number of nitrogens with one attached hydrogen (secondary N) is 1. The van der Waals surface area contributed by atoms with Crippen molar-refractivity contribution in [3.8, 4) is 0 Å². The van der Waals surface area contributed by atoms with Crippen molar-refractivity contribution in [1.29, 1.82) is 0 Å². The summed E-state index contributed by atoms with van der Waals surface area (Å²) < 4.78 is 5.32. The molecule has 0 bridgehead atoms. The fourth-order valence-corrected chi connectivity index (χ4v) is 2.13. The smallest absolute Gasteiger partial charge is 0.407 e. The maximum Gasteiger partial charge on any atom is 0.407 e. The van der Waals surface area contributed by atoms with Gasteiger partial charge in [0.05, 0.1) is 0 Å². The van der Waals surface area contributed by atoms with Crippen LogP contribution < -0.4 is 5.32 Å². The van der Waals surface area contributed by atoms with Crippen LogP contribution in [0.4, 0.5) is 4.79 Å². The molecule has 1 amide bonds. The molecule has 0 radical (unpaired) electrons. The quantitative estimate of drug-likeness (QED) is 0.712. The lowest BCUT2D eigenvalue weighted by atomic mass is 10.2. The van der Waals surface area contributed by atoms with E-state index in [1.165, 1.54) is 12.8 Å². The van der Waals surface area contributed by atoms with Gasteiger partial charge in [0.2, 0.25) is 0 Å². The molecule has 106 valence electrons. The van der Waals surface area contributed by atoms with Gasteiger partial charge >= 0.3 is 6.09 Å². The summed E-state index contributed by atoms with van der Waals surface area (Å²) in [5.74, 6) is 0. The number of ether oxygens (including phenoxy) is 1. The maximum atomic E-state index is 11.5. The number of carbonyl (C=O) groups is 1. The SMILES string of the molecule is CC(C)N(C)CCCCNC(=O)OC1CCCC1. The lowest BCUT2D eigenvalue weighted by molar-refractivity contribution is 0.101. The average molecular weight is 256 g/mol. The number of nitrogens with zero attached hydrogens (tertiary/aromatic N) is 1. The van der Waals surface area contributed by atoms with Gasteiger partial charge in [0.1, 0.15) is 6.10 Å². The predicted octanol–water partition coefficient (Wildman–Crippen LogP) is 2.78. The zero-order valence-electron chi connectivity index (χ0n) is 12.1. The summed E-state index contributed by atoms with van der Waals surface area (Å²) in [7, 11) is 2.13. The zero-order valence-corrected chi connectivity index (χ0v) is 12.1. The number of amides is 1. The van der Waals surface area contributed by atoms with Crippen LogP contribution in [0.15, 0.2) is 0 Å². The van der Waals surface area contributed by atoms with Crippen molar-refractivity contribution in [2.75, 3.05) is 20.1 Å². The number of hydrogen-bond donors (Lipinski definition) is 1. The Bertz CT molecular complexity index is 238. The van der Waals surface area contributed by atoms with Crippen LogP contribution in [0, 0.1) is 0 Å². The van der Waals surface area contributed by atoms with Crippen molar-refractivity contribution in [3.63, 3.8) is 0 Å². The zero-order chi connectivity index (χ0) is 13.4. The first-order valence-corrected chi connectivity index (χ1v) is 7.24. The molecule has 18 heavy (non-hydrogen) atoms. The Morgan fingerprint density at radius 1 is 1.33 bits per heavy atom. The van der Waals surface area contributed by atoms with Gasteiger partial charge in [-0.05, 0) is 66.0 Å². The molecule has 1 rings (SSSR count). The second-order valence-corrected chi connectivity index (χ2v) is 5.52. The molecule has 0 spiro atoms. The Morgan fingerprint density at radius 2 is 2.00 bits per heavy atom. The molecule has 1 aliphatic rings. The highest BCUT2D eigenvalue weighted by atomic mass is 16.6. The first kappa shape index (κ1) is 15.3. The second-order valence-electron chi connectivity index (χ2n) is 5.52. The molecule has 4 nitrogen and oxygen atoms in total. The average Bonchev–Trinajstić information content (AvgIpc) is 2.80. The van der Waals surface area contributed by atoms with E-state index in [1.54, 1.807) is 0 Å². The topological polar surface area (TPSA) is 41.6 Å². The highest BCUT2D eigenvalue weighted by Gasteiger charge is 2.18. The largest absolute Gasteiger partial charge is 0.446 e. The van der Waals surface area contributed by atoms with Crippen LogP contribution in [-0.2, 0) is 4.74 Å². The van der Waals surface area contributed by atoms with Crippen LogP contribution >= 0.6 is 0 Å². The molecule has 0 aromatic heterocycles. The Balaban J connectivity index is 1.95. The van der Waals surface area contributed by atoms with Gasteiger partial charge in [0, 0.05) is 12.6 Å². The third-order valence-electron chi connectivity index (χ3n) is 3.66. The minimum absolute atomic E-state index is 0.164. The molecule has 0 heterocycles. The molecular formula is C14H28N2O2. The molecule has 0 saturated heterocycles. The van der Waals surface area contributed by atoms with Crippen LogP contribution in [-0.4, -0.2) is 43.3 Å². The number of alkyl carbamates (subject to hydrolysis) is 1. The van der Waals surface area contributed by atoms with Gasteiger partial charge < -0.3 is 15.0 Å². The Kier molecular flexibility index (Phi) is 7.09. The maximum absolute atomic E-state index is 11.5. The summed E-state index contributed by atoms with van der Waals surface area (Å²) in [6.45, 7) is 6.18. The minimum atomic E-state index is -0.237. The van der Waals surface area contributed by atoms with Crippen molar-refractivity contribution >= 4 is 6.09 Å². The van der Waals surface area contributed by atoms with Crippen molar-refractivity contribution in [2.24, 2.45) is 0 Å². The Morgan fingerprint density at radius 3 is 2.61 bits per heavy atom. The first-order valence-electron chi connectivity index (χ1n) is 7.24. The van der Waals surface area contributed by atoms with Crippen LogP contribution in [0.2, 0.25) is 0 Å². The predicted molar refractivity (Wildman–Crippen MR) is 73.7 cm³/mol. The van der Waals surface area contributed by atoms with Gasteiger partial charge in [0.25, 0.3) is 0 Å². The van der Waals surface area contributed by atoms with Gasteiger partial charge in [-0.25, -0.2) is 4.79 Å². The van der Waals surface area contributed by atoms with E-state index >= 15 is 0 Å². The molecular weight excluding hydrogens is 228 g/mol. The summed E-state index contributed by atoms with van der Waals surface area (Å²) in [5.41, 5.74) is 0. The van der Waals surface area contributed by atoms with Crippen LogP contribution in [0.1, 0.15) is 52.4 Å². The Labute approximate surface area is 111 Å². The highest BCUT2D eigenvalue weighted by molar-refractivity contribution is 5.67. The van der Waals surface area contributed by atoms with E-state index < -0.39 is 0 Å². The molecule has 1 N–H and O–H groups in total. The monoisotopic (exact) mass is 256 g/mol. The van der Waals surface area contributed by atoms with Crippen molar-refractivity contribution in [2.45, 2.75) is 64.5 Å². The van der Waals surface area contributed by atoms with Gasteiger partial charge in [-0.15, -0.1) is 0 Å². The normalized spacial score (nSPS) is 16.5. The van der Waals surface area contributed by atoms with E-state index in [0.29, 0.717) is 6.04 Å². The molecule has 0 aromatic carbocycles. The van der Waals surface area contributed by atoms with Crippen LogP contribution in [0.3, 0.4) is 0 Å². The van der Waals surface area contributed by atoms with E-state index in [2.05, 4.69) is 31.1 Å². The molecule has 0 atom stereocenters. The number of rotatable bonds is 7. The van der Waals surface area contributed by atoms with E-state index in [1.807, 2.05) is 0 Å². The summed E-state index contributed by atoms with van der Waals surface area (Å²) in [6.07, 6.45) is 6.50. The van der Waals surface area contributed by atoms with E-state index in [9.17, 15) is 4.79 Å². The summed E-state index contributed by atoms with van der Waals surface area (Å²) >= 11 is 0. The fourth-order valence-electron chi connectivity index (χ4n) is 2.13. The molecule has 1 fully saturated rings. The first-order chi connectivity index (χ1) is 8.59. The lowest BCUT2D eigenvalue weighted by Crippen LogP contribution is -2.30. The molecule has 1 saturated carbocycles. The molecule has 0 aromatic rings. The second kappa shape index (κ2) is 8.35. The third kappa shape index (κ3) is 6.24. The fraction of sp³-hybridized carbons (Fsp3) is 0.929. The summed E-state index contributed by atoms with van der Waals surface area (Å²) in [6, 6.07) is 0.588. The minimum Gasteiger partial charge on any atom is -0.446 e. The van der Waals surface area contributed by atoms with E-state index in [0.717, 1.165) is 38.8 Å². The van der Waals surface area contributed by atoms with Crippen LogP contribution in [0.25, 0.3) is 0 Å². The standard InChI is InChI=1S/C14H28N2O2/c1-12(2)16(3)11-7-6-10-15-14(17)18-13-8-4-5-9-13/h12-13H,4-11H2,1-3H3,(H,15,17). The Hall–Kier alpha value is -0.770. The van der Waals surface area contributed by atoms with Gasteiger partial charge in [0.15, 0.2) is 0 Å². The summed E-state index contributed by atoms with van der Waals surface area (Å²) in [4.78, 5) is 13.8. The third-order valence-corrected chi connectivity index (χ3v) is 3.66. The van der Waals surface area contributed by atoms with Gasteiger partial charge in [-0.3, -0.25) is 0 Å². The van der Waals surface area contributed by atoms with Crippen molar-refractivity contribution < 1.29 is 9.53 Å². The lowest BCUT2D eigenvalue weighted by Gasteiger charge is -2.20. The molecule has 1 aliphatic carbocycles. The van der Waals surface area contributed by atoms with Gasteiger partial charge in [-0.1, -0.05) is 0 Å². The van der Waals surface area contributed by atoms with E-state index in [-0.39, 0.29) is 12.2 Å². The molecule has 0 unspecified atom stereocenters. The number of hydrogen-bond acceptors (Lipinski definition) is 3. The summed E-state index contributed by atoms with van der Waals surface area (Å²) in [5, 5.41) is 2.83. The van der Waals surface area contributed by atoms with E-state index in [4.69, 9.17) is 4.74 Å². The molecule has 4 heteroatoms. The van der Waals surface area contributed by atoms with Gasteiger partial charge in [-0.2, -0.15) is 0 Å². The molecule has 0 aliphatic heterocycles. The highest BCUT2D eigenvalue weighted by Crippen LogP contribution is 2.20. The number of carbonyl (C=O) groups excluding carboxylic acids is 1. The van der Waals surface area contributed by atoms with Crippen molar-refractivity contribution in [1.82, 2.24) is 10.2 Å². The van der Waals surface area contributed by atoms with Crippen LogP contribution in [0.5, 0.6) is 0 Å².